The first kappa shape index (κ1) is 12.3. The average Bonchev–Trinajstić information content (AvgIpc) is 2.49. The van der Waals surface area contributed by atoms with Gasteiger partial charge in [-0.15, -0.1) is 13.2 Å². The highest BCUT2D eigenvalue weighted by molar-refractivity contribution is 5.78. The van der Waals surface area contributed by atoms with Crippen molar-refractivity contribution in [3.05, 3.63) is 0 Å². The quantitative estimate of drug-likeness (QED) is 0.667. The standard InChI is InChI=1S/C8H13F3N2O2/c9-8(10,11)15-4-3-12-5-6-1-2-7(14)13-6/h6,12H,1-5H2,(H,13,14). The number of rotatable bonds is 5. The van der Waals surface area contributed by atoms with Crippen LogP contribution in [0.25, 0.3) is 0 Å². The van der Waals surface area contributed by atoms with Crippen molar-refractivity contribution in [2.45, 2.75) is 25.2 Å². The van der Waals surface area contributed by atoms with Gasteiger partial charge in [-0.25, -0.2) is 0 Å². The summed E-state index contributed by atoms with van der Waals surface area (Å²) in [5.74, 6) is -0.00617. The monoisotopic (exact) mass is 226 g/mol. The predicted molar refractivity (Wildman–Crippen MR) is 46.0 cm³/mol. The lowest BCUT2D eigenvalue weighted by molar-refractivity contribution is -0.323. The number of alkyl halides is 3. The van der Waals surface area contributed by atoms with Crippen LogP contribution in [0.15, 0.2) is 0 Å². The molecule has 1 unspecified atom stereocenters. The molecule has 1 aliphatic rings. The Kier molecular flexibility index (Phi) is 4.34. The summed E-state index contributed by atoms with van der Waals surface area (Å²) in [4.78, 5) is 10.8. The van der Waals surface area contributed by atoms with Gasteiger partial charge in [-0.3, -0.25) is 9.53 Å². The van der Waals surface area contributed by atoms with Crippen LogP contribution >= 0.6 is 0 Å². The Hall–Kier alpha value is -0.820. The summed E-state index contributed by atoms with van der Waals surface area (Å²) in [7, 11) is 0. The van der Waals surface area contributed by atoms with Gasteiger partial charge in [0, 0.05) is 25.6 Å². The highest BCUT2D eigenvalue weighted by Gasteiger charge is 2.28. The molecular formula is C8H13F3N2O2. The van der Waals surface area contributed by atoms with Gasteiger partial charge >= 0.3 is 6.36 Å². The molecule has 1 saturated heterocycles. The second-order valence-electron chi connectivity index (χ2n) is 3.30. The van der Waals surface area contributed by atoms with Gasteiger partial charge in [-0.05, 0) is 6.42 Å². The molecule has 1 aliphatic heterocycles. The second-order valence-corrected chi connectivity index (χ2v) is 3.30. The fourth-order valence-electron chi connectivity index (χ4n) is 1.35. The van der Waals surface area contributed by atoms with Crippen LogP contribution in [0.4, 0.5) is 13.2 Å². The SMILES string of the molecule is O=C1CCC(CNCCOC(F)(F)F)N1. The van der Waals surface area contributed by atoms with Gasteiger partial charge in [-0.1, -0.05) is 0 Å². The van der Waals surface area contributed by atoms with E-state index in [1.54, 1.807) is 0 Å². The number of nitrogens with one attached hydrogen (secondary N) is 2. The Labute approximate surface area is 85.2 Å². The molecule has 1 atom stereocenters. The van der Waals surface area contributed by atoms with Crippen molar-refractivity contribution in [2.75, 3.05) is 19.7 Å². The molecule has 0 aromatic heterocycles. The van der Waals surface area contributed by atoms with E-state index in [9.17, 15) is 18.0 Å². The lowest BCUT2D eigenvalue weighted by atomic mass is 10.2. The fourth-order valence-corrected chi connectivity index (χ4v) is 1.35. The Balaban J connectivity index is 1.95. The fraction of sp³-hybridized carbons (Fsp3) is 0.875. The summed E-state index contributed by atoms with van der Waals surface area (Å²) >= 11 is 0. The molecule has 1 rings (SSSR count). The second kappa shape index (κ2) is 5.32. The maximum atomic E-state index is 11.5. The van der Waals surface area contributed by atoms with E-state index in [0.29, 0.717) is 13.0 Å². The zero-order valence-electron chi connectivity index (χ0n) is 8.06. The average molecular weight is 226 g/mol. The van der Waals surface area contributed by atoms with Crippen molar-refractivity contribution in [1.82, 2.24) is 10.6 Å². The third-order valence-electron chi connectivity index (χ3n) is 2.02. The topological polar surface area (TPSA) is 50.4 Å². The Bertz CT molecular complexity index is 220. The van der Waals surface area contributed by atoms with Crippen LogP contribution in [-0.2, 0) is 9.53 Å². The molecule has 0 aliphatic carbocycles. The van der Waals surface area contributed by atoms with Crippen molar-refractivity contribution in [3.63, 3.8) is 0 Å². The van der Waals surface area contributed by atoms with E-state index in [0.717, 1.165) is 6.42 Å². The maximum Gasteiger partial charge on any atom is 0.522 e. The molecular weight excluding hydrogens is 213 g/mol. The van der Waals surface area contributed by atoms with Crippen molar-refractivity contribution in [3.8, 4) is 0 Å². The Morgan fingerprint density at radius 2 is 2.27 bits per heavy atom. The summed E-state index contributed by atoms with van der Waals surface area (Å²) in [6.07, 6.45) is -3.35. The predicted octanol–water partition coefficient (Wildman–Crippen LogP) is 0.391. The molecule has 7 heteroatoms. The number of hydrogen-bond acceptors (Lipinski definition) is 3. The molecule has 1 fully saturated rings. The molecule has 0 bridgehead atoms. The Morgan fingerprint density at radius 1 is 1.53 bits per heavy atom. The van der Waals surface area contributed by atoms with E-state index in [2.05, 4.69) is 15.4 Å². The summed E-state index contributed by atoms with van der Waals surface area (Å²) in [6, 6.07) is 0.0309. The molecule has 0 radical (unpaired) electrons. The van der Waals surface area contributed by atoms with E-state index in [4.69, 9.17) is 0 Å². The van der Waals surface area contributed by atoms with Crippen LogP contribution in [0.3, 0.4) is 0 Å². The van der Waals surface area contributed by atoms with E-state index < -0.39 is 13.0 Å². The van der Waals surface area contributed by atoms with E-state index >= 15 is 0 Å². The molecule has 88 valence electrons. The van der Waals surface area contributed by atoms with Gasteiger partial charge in [0.1, 0.15) is 0 Å². The summed E-state index contributed by atoms with van der Waals surface area (Å²) in [6.45, 7) is 0.184. The van der Waals surface area contributed by atoms with Crippen molar-refractivity contribution < 1.29 is 22.7 Å². The van der Waals surface area contributed by atoms with Gasteiger partial charge in [-0.2, -0.15) is 0 Å². The highest BCUT2D eigenvalue weighted by Crippen LogP contribution is 2.15. The summed E-state index contributed by atoms with van der Waals surface area (Å²) in [5, 5.41) is 5.48. The minimum Gasteiger partial charge on any atom is -0.352 e. The van der Waals surface area contributed by atoms with Crippen LogP contribution in [-0.4, -0.2) is 38.0 Å². The van der Waals surface area contributed by atoms with Crippen molar-refractivity contribution >= 4 is 5.91 Å². The first-order chi connectivity index (χ1) is 6.97. The minimum atomic E-state index is -4.57. The third kappa shape index (κ3) is 5.58. The summed E-state index contributed by atoms with van der Waals surface area (Å²) in [5.41, 5.74) is 0. The van der Waals surface area contributed by atoms with Gasteiger partial charge < -0.3 is 10.6 Å². The number of carbonyl (C=O) groups excluding carboxylic acids is 1. The lowest BCUT2D eigenvalue weighted by Gasteiger charge is -2.11. The van der Waals surface area contributed by atoms with E-state index in [1.807, 2.05) is 0 Å². The van der Waals surface area contributed by atoms with E-state index in [1.165, 1.54) is 0 Å². The first-order valence-corrected chi connectivity index (χ1v) is 4.68. The third-order valence-corrected chi connectivity index (χ3v) is 2.02. The molecule has 0 aromatic rings. The largest absolute Gasteiger partial charge is 0.522 e. The van der Waals surface area contributed by atoms with E-state index in [-0.39, 0.29) is 18.5 Å². The summed E-state index contributed by atoms with van der Waals surface area (Å²) < 4.78 is 38.1. The molecule has 1 amide bonds. The first-order valence-electron chi connectivity index (χ1n) is 4.68. The van der Waals surface area contributed by atoms with Gasteiger partial charge in [0.15, 0.2) is 0 Å². The zero-order chi connectivity index (χ0) is 11.3. The number of carbonyl (C=O) groups is 1. The normalized spacial score (nSPS) is 21.8. The number of halogens is 3. The Morgan fingerprint density at radius 3 is 2.80 bits per heavy atom. The smallest absolute Gasteiger partial charge is 0.352 e. The molecule has 0 saturated carbocycles. The van der Waals surface area contributed by atoms with Gasteiger partial charge in [0.25, 0.3) is 0 Å². The van der Waals surface area contributed by atoms with Gasteiger partial charge in [0.2, 0.25) is 5.91 Å². The molecule has 0 aromatic carbocycles. The number of amides is 1. The van der Waals surface area contributed by atoms with Crippen LogP contribution < -0.4 is 10.6 Å². The molecule has 0 spiro atoms. The van der Waals surface area contributed by atoms with Crippen molar-refractivity contribution in [1.29, 1.82) is 0 Å². The number of hydrogen-bond donors (Lipinski definition) is 2. The molecule has 4 nitrogen and oxygen atoms in total. The molecule has 1 heterocycles. The lowest BCUT2D eigenvalue weighted by Crippen LogP contribution is -2.37. The maximum absolute atomic E-state index is 11.5. The highest BCUT2D eigenvalue weighted by atomic mass is 19.4. The molecule has 2 N–H and O–H groups in total. The minimum absolute atomic E-state index is 0.00617. The molecule has 15 heavy (non-hydrogen) atoms. The van der Waals surface area contributed by atoms with Gasteiger partial charge in [0.05, 0.1) is 6.61 Å². The van der Waals surface area contributed by atoms with Crippen LogP contribution in [0, 0.1) is 0 Å². The van der Waals surface area contributed by atoms with Crippen LogP contribution in [0.5, 0.6) is 0 Å². The van der Waals surface area contributed by atoms with Crippen LogP contribution in [0.2, 0.25) is 0 Å². The number of ether oxygens (including phenoxy) is 1. The van der Waals surface area contributed by atoms with Crippen molar-refractivity contribution in [2.24, 2.45) is 0 Å². The van der Waals surface area contributed by atoms with Crippen LogP contribution in [0.1, 0.15) is 12.8 Å². The zero-order valence-corrected chi connectivity index (χ0v) is 8.06.